The zero-order chi connectivity index (χ0) is 8.81. The van der Waals surface area contributed by atoms with Crippen molar-refractivity contribution in [3.63, 3.8) is 0 Å². The maximum atomic E-state index is 8.44. The van der Waals surface area contributed by atoms with Crippen LogP contribution in [0.2, 0.25) is 0 Å². The standard InChI is InChI=1S/C10H13NO/c1-2-12-10-5-3-4-9(8-10)6-7-11/h6,8H,2-5H2,1H3. The summed E-state index contributed by atoms with van der Waals surface area (Å²) in [6, 6.07) is 2.04. The molecule has 0 atom stereocenters. The lowest BCUT2D eigenvalue weighted by molar-refractivity contribution is 0.214. The Morgan fingerprint density at radius 1 is 1.67 bits per heavy atom. The van der Waals surface area contributed by atoms with Crippen LogP contribution in [0, 0.1) is 11.3 Å². The van der Waals surface area contributed by atoms with E-state index in [1.54, 1.807) is 6.08 Å². The molecule has 0 spiro atoms. The molecule has 64 valence electrons. The minimum absolute atomic E-state index is 0.714. The van der Waals surface area contributed by atoms with Gasteiger partial charge < -0.3 is 4.74 Å². The van der Waals surface area contributed by atoms with Gasteiger partial charge in [-0.15, -0.1) is 0 Å². The summed E-state index contributed by atoms with van der Waals surface area (Å²) in [6.45, 7) is 2.69. The molecule has 0 radical (unpaired) electrons. The summed E-state index contributed by atoms with van der Waals surface area (Å²) < 4.78 is 5.37. The van der Waals surface area contributed by atoms with Crippen molar-refractivity contribution in [1.82, 2.24) is 0 Å². The molecule has 0 aliphatic heterocycles. The Hall–Kier alpha value is -1.23. The lowest BCUT2D eigenvalue weighted by atomic mass is 10.0. The number of ether oxygens (including phenoxy) is 1. The van der Waals surface area contributed by atoms with Gasteiger partial charge in [0.25, 0.3) is 0 Å². The topological polar surface area (TPSA) is 33.0 Å². The van der Waals surface area contributed by atoms with Gasteiger partial charge in [0, 0.05) is 12.5 Å². The lowest BCUT2D eigenvalue weighted by Gasteiger charge is -2.14. The zero-order valence-corrected chi connectivity index (χ0v) is 7.34. The van der Waals surface area contributed by atoms with Crippen molar-refractivity contribution < 1.29 is 4.74 Å². The number of nitriles is 1. The Bertz CT molecular complexity index is 245. The summed E-state index contributed by atoms with van der Waals surface area (Å²) in [6.07, 6.45) is 6.69. The van der Waals surface area contributed by atoms with Crippen LogP contribution in [0.5, 0.6) is 0 Å². The van der Waals surface area contributed by atoms with Crippen molar-refractivity contribution in [3.8, 4) is 6.07 Å². The van der Waals surface area contributed by atoms with Gasteiger partial charge in [0.05, 0.1) is 18.4 Å². The Morgan fingerprint density at radius 3 is 3.17 bits per heavy atom. The Morgan fingerprint density at radius 2 is 2.50 bits per heavy atom. The van der Waals surface area contributed by atoms with E-state index in [9.17, 15) is 0 Å². The molecule has 0 amide bonds. The van der Waals surface area contributed by atoms with E-state index in [1.165, 1.54) is 0 Å². The van der Waals surface area contributed by atoms with Crippen LogP contribution in [0.15, 0.2) is 23.5 Å². The zero-order valence-electron chi connectivity index (χ0n) is 7.34. The van der Waals surface area contributed by atoms with Crippen molar-refractivity contribution in [2.24, 2.45) is 0 Å². The van der Waals surface area contributed by atoms with Crippen molar-refractivity contribution in [3.05, 3.63) is 23.5 Å². The second-order valence-corrected chi connectivity index (χ2v) is 2.75. The van der Waals surface area contributed by atoms with Crippen LogP contribution >= 0.6 is 0 Å². The van der Waals surface area contributed by atoms with Gasteiger partial charge in [-0.2, -0.15) is 5.26 Å². The van der Waals surface area contributed by atoms with Crippen molar-refractivity contribution >= 4 is 0 Å². The molecule has 2 heteroatoms. The first kappa shape index (κ1) is 8.86. The summed E-state index contributed by atoms with van der Waals surface area (Å²) in [5.74, 6) is 1.02. The smallest absolute Gasteiger partial charge is 0.0962 e. The number of hydrogen-bond donors (Lipinski definition) is 0. The highest BCUT2D eigenvalue weighted by atomic mass is 16.5. The van der Waals surface area contributed by atoms with Gasteiger partial charge >= 0.3 is 0 Å². The van der Waals surface area contributed by atoms with E-state index >= 15 is 0 Å². The molecule has 0 bridgehead atoms. The maximum absolute atomic E-state index is 8.44. The first-order valence-electron chi connectivity index (χ1n) is 4.29. The summed E-state index contributed by atoms with van der Waals surface area (Å²) in [7, 11) is 0. The van der Waals surface area contributed by atoms with Crippen LogP contribution in [0.3, 0.4) is 0 Å². The molecule has 0 heterocycles. The van der Waals surface area contributed by atoms with E-state index in [1.807, 2.05) is 19.1 Å². The number of rotatable bonds is 2. The van der Waals surface area contributed by atoms with Gasteiger partial charge in [-0.1, -0.05) is 0 Å². The van der Waals surface area contributed by atoms with Gasteiger partial charge in [0.1, 0.15) is 0 Å². The molecule has 0 aromatic carbocycles. The number of hydrogen-bond acceptors (Lipinski definition) is 2. The van der Waals surface area contributed by atoms with E-state index in [2.05, 4.69) is 0 Å². The van der Waals surface area contributed by atoms with Gasteiger partial charge in [-0.25, -0.2) is 0 Å². The minimum atomic E-state index is 0.714. The third-order valence-corrected chi connectivity index (χ3v) is 1.81. The highest BCUT2D eigenvalue weighted by Crippen LogP contribution is 2.22. The normalized spacial score (nSPS) is 20.0. The molecule has 0 N–H and O–H groups in total. The highest BCUT2D eigenvalue weighted by Gasteiger charge is 2.07. The second-order valence-electron chi connectivity index (χ2n) is 2.75. The third kappa shape index (κ3) is 2.43. The second kappa shape index (κ2) is 4.61. The predicted octanol–water partition coefficient (Wildman–Crippen LogP) is 2.54. The third-order valence-electron chi connectivity index (χ3n) is 1.81. The molecule has 12 heavy (non-hydrogen) atoms. The highest BCUT2D eigenvalue weighted by molar-refractivity contribution is 5.28. The van der Waals surface area contributed by atoms with E-state index < -0.39 is 0 Å². The van der Waals surface area contributed by atoms with E-state index in [4.69, 9.17) is 10.00 Å². The molecule has 0 fully saturated rings. The van der Waals surface area contributed by atoms with Crippen LogP contribution < -0.4 is 0 Å². The van der Waals surface area contributed by atoms with Gasteiger partial charge in [-0.3, -0.25) is 0 Å². The summed E-state index contributed by atoms with van der Waals surface area (Å²) in [5, 5.41) is 8.44. The fourth-order valence-corrected chi connectivity index (χ4v) is 1.31. The molecule has 0 aromatic rings. The van der Waals surface area contributed by atoms with Crippen LogP contribution in [-0.2, 0) is 4.74 Å². The molecule has 0 saturated carbocycles. The van der Waals surface area contributed by atoms with Gasteiger partial charge in [0.2, 0.25) is 0 Å². The largest absolute Gasteiger partial charge is 0.498 e. The quantitative estimate of drug-likeness (QED) is 0.586. The molecule has 1 aliphatic rings. The number of nitrogens with zero attached hydrogens (tertiary/aromatic N) is 1. The average Bonchev–Trinajstić information content (AvgIpc) is 2.06. The Labute approximate surface area is 73.1 Å². The summed E-state index contributed by atoms with van der Waals surface area (Å²) in [5.41, 5.74) is 1.09. The number of allylic oxidation sites excluding steroid dienone is 4. The fraction of sp³-hybridized carbons (Fsp3) is 0.500. The van der Waals surface area contributed by atoms with Gasteiger partial charge in [0.15, 0.2) is 0 Å². The van der Waals surface area contributed by atoms with Crippen LogP contribution in [0.1, 0.15) is 26.2 Å². The van der Waals surface area contributed by atoms with Gasteiger partial charge in [-0.05, 0) is 31.4 Å². The summed E-state index contributed by atoms with van der Waals surface area (Å²) >= 11 is 0. The molecular weight excluding hydrogens is 150 g/mol. The first-order chi connectivity index (χ1) is 5.86. The van der Waals surface area contributed by atoms with E-state index in [0.29, 0.717) is 6.61 Å². The lowest BCUT2D eigenvalue weighted by Crippen LogP contribution is -1.98. The van der Waals surface area contributed by atoms with Crippen molar-refractivity contribution in [1.29, 1.82) is 5.26 Å². The molecule has 1 rings (SSSR count). The summed E-state index contributed by atoms with van der Waals surface area (Å²) in [4.78, 5) is 0. The molecule has 0 unspecified atom stereocenters. The van der Waals surface area contributed by atoms with E-state index in [0.717, 1.165) is 30.6 Å². The molecule has 1 aliphatic carbocycles. The fourth-order valence-electron chi connectivity index (χ4n) is 1.31. The molecule has 0 saturated heterocycles. The monoisotopic (exact) mass is 163 g/mol. The van der Waals surface area contributed by atoms with E-state index in [-0.39, 0.29) is 0 Å². The van der Waals surface area contributed by atoms with Crippen molar-refractivity contribution in [2.45, 2.75) is 26.2 Å². The minimum Gasteiger partial charge on any atom is -0.498 e. The maximum Gasteiger partial charge on any atom is 0.0962 e. The van der Waals surface area contributed by atoms with Crippen LogP contribution in [0.4, 0.5) is 0 Å². The Balaban J connectivity index is 2.64. The van der Waals surface area contributed by atoms with Crippen LogP contribution in [-0.4, -0.2) is 6.61 Å². The Kier molecular flexibility index (Phi) is 3.40. The van der Waals surface area contributed by atoms with Crippen LogP contribution in [0.25, 0.3) is 0 Å². The molecule has 0 aromatic heterocycles. The average molecular weight is 163 g/mol. The predicted molar refractivity (Wildman–Crippen MR) is 47.3 cm³/mol. The van der Waals surface area contributed by atoms with Crippen molar-refractivity contribution in [2.75, 3.05) is 6.61 Å². The first-order valence-corrected chi connectivity index (χ1v) is 4.29. The SMILES string of the molecule is CCOC1=CC(=CC#N)CCC1. The molecular formula is C10H13NO. The molecule has 2 nitrogen and oxygen atoms in total.